The van der Waals surface area contributed by atoms with E-state index in [1.54, 1.807) is 0 Å². The minimum atomic E-state index is -0.209. The van der Waals surface area contributed by atoms with E-state index in [2.05, 4.69) is 12.2 Å². The molecule has 1 unspecified atom stereocenters. The first-order valence-electron chi connectivity index (χ1n) is 4.53. The number of nitrogens with one attached hydrogen (secondary N) is 1. The largest absolute Gasteiger partial charge is 0.464 e. The Balaban J connectivity index is 3.21. The quantitative estimate of drug-likeness (QED) is 0.486. The van der Waals surface area contributed by atoms with Crippen LogP contribution < -0.4 is 5.32 Å². The molecule has 0 bridgehead atoms. The highest BCUT2D eigenvalue weighted by Crippen LogP contribution is 1.88. The molecule has 3 heteroatoms. The van der Waals surface area contributed by atoms with Crippen molar-refractivity contribution < 1.29 is 9.53 Å². The van der Waals surface area contributed by atoms with Crippen LogP contribution in [-0.2, 0) is 9.53 Å². The van der Waals surface area contributed by atoms with Crippen LogP contribution in [0.2, 0.25) is 0 Å². The van der Waals surface area contributed by atoms with Crippen molar-refractivity contribution in [3.8, 4) is 0 Å². The lowest BCUT2D eigenvalue weighted by atomic mass is 10.3. The van der Waals surface area contributed by atoms with E-state index in [1.165, 1.54) is 19.8 Å². The molecule has 0 saturated carbocycles. The normalized spacial score (nSPS) is 12.6. The van der Waals surface area contributed by atoms with Crippen LogP contribution in [0.5, 0.6) is 0 Å². The third-order valence-corrected chi connectivity index (χ3v) is 1.56. The molecule has 0 aromatic heterocycles. The van der Waals surface area contributed by atoms with Gasteiger partial charge in [-0.1, -0.05) is 13.3 Å². The van der Waals surface area contributed by atoms with Crippen LogP contribution in [0.4, 0.5) is 0 Å². The fourth-order valence-corrected chi connectivity index (χ4v) is 0.827. The number of rotatable bonds is 6. The molecular formula is C9H19NO2. The Kier molecular flexibility index (Phi) is 6.76. The fraction of sp³-hybridized carbons (Fsp3) is 0.889. The first-order chi connectivity index (χ1) is 5.66. The number of unbranched alkanes of at least 4 members (excludes halogenated alkanes) is 1. The summed E-state index contributed by atoms with van der Waals surface area (Å²) in [7, 11) is 0. The molecule has 1 atom stereocenters. The monoisotopic (exact) mass is 173 g/mol. The molecule has 0 aromatic carbocycles. The average molecular weight is 173 g/mol. The summed E-state index contributed by atoms with van der Waals surface area (Å²) in [5, 5.41) is 3.26. The standard InChI is InChI=1S/C9H19NO2/c1-4-5-6-10-8(2)7-12-9(3)11/h8,10H,4-7H2,1-3H3. The molecule has 0 aliphatic rings. The Morgan fingerprint density at radius 1 is 1.58 bits per heavy atom. The number of carbonyl (C=O) groups excluding carboxylic acids is 1. The zero-order valence-corrected chi connectivity index (χ0v) is 8.22. The number of ether oxygens (including phenoxy) is 1. The van der Waals surface area contributed by atoms with Gasteiger partial charge < -0.3 is 10.1 Å². The second-order valence-electron chi connectivity index (χ2n) is 3.01. The minimum absolute atomic E-state index is 0.209. The average Bonchev–Trinajstić information content (AvgIpc) is 2.01. The molecule has 0 amide bonds. The summed E-state index contributed by atoms with van der Waals surface area (Å²) in [4.78, 5) is 10.4. The molecular weight excluding hydrogens is 154 g/mol. The van der Waals surface area contributed by atoms with Gasteiger partial charge in [0.1, 0.15) is 6.61 Å². The van der Waals surface area contributed by atoms with Crippen LogP contribution in [0, 0.1) is 0 Å². The number of esters is 1. The van der Waals surface area contributed by atoms with Crippen molar-refractivity contribution in [3.63, 3.8) is 0 Å². The van der Waals surface area contributed by atoms with Gasteiger partial charge in [-0.05, 0) is 19.9 Å². The first kappa shape index (κ1) is 11.4. The third-order valence-electron chi connectivity index (χ3n) is 1.56. The van der Waals surface area contributed by atoms with E-state index in [0.29, 0.717) is 6.61 Å². The van der Waals surface area contributed by atoms with Crippen molar-refractivity contribution in [1.29, 1.82) is 0 Å². The van der Waals surface area contributed by atoms with Crippen LogP contribution in [0.15, 0.2) is 0 Å². The highest BCUT2D eigenvalue weighted by molar-refractivity contribution is 5.65. The van der Waals surface area contributed by atoms with E-state index >= 15 is 0 Å². The predicted octanol–water partition coefficient (Wildman–Crippen LogP) is 1.33. The Morgan fingerprint density at radius 3 is 2.75 bits per heavy atom. The molecule has 0 heterocycles. The van der Waals surface area contributed by atoms with Gasteiger partial charge in [0, 0.05) is 13.0 Å². The summed E-state index contributed by atoms with van der Waals surface area (Å²) in [6, 6.07) is 0.264. The van der Waals surface area contributed by atoms with Crippen molar-refractivity contribution in [3.05, 3.63) is 0 Å². The summed E-state index contributed by atoms with van der Waals surface area (Å²) in [5.74, 6) is -0.209. The number of hydrogen-bond donors (Lipinski definition) is 1. The van der Waals surface area contributed by atoms with Gasteiger partial charge in [0.2, 0.25) is 0 Å². The van der Waals surface area contributed by atoms with Crippen LogP contribution in [0.25, 0.3) is 0 Å². The van der Waals surface area contributed by atoms with E-state index in [4.69, 9.17) is 4.74 Å². The molecule has 0 fully saturated rings. The third kappa shape index (κ3) is 7.54. The molecule has 0 aliphatic heterocycles. The molecule has 1 N–H and O–H groups in total. The molecule has 0 aliphatic carbocycles. The lowest BCUT2D eigenvalue weighted by Crippen LogP contribution is -2.31. The molecule has 0 spiro atoms. The summed E-state index contributed by atoms with van der Waals surface area (Å²) >= 11 is 0. The Hall–Kier alpha value is -0.570. The van der Waals surface area contributed by atoms with Crippen LogP contribution >= 0.6 is 0 Å². The Morgan fingerprint density at radius 2 is 2.25 bits per heavy atom. The van der Waals surface area contributed by atoms with E-state index < -0.39 is 0 Å². The van der Waals surface area contributed by atoms with Gasteiger partial charge in [-0.2, -0.15) is 0 Å². The predicted molar refractivity (Wildman–Crippen MR) is 49.0 cm³/mol. The van der Waals surface area contributed by atoms with Crippen LogP contribution in [0.3, 0.4) is 0 Å². The van der Waals surface area contributed by atoms with E-state index in [9.17, 15) is 4.79 Å². The maximum atomic E-state index is 10.4. The SMILES string of the molecule is CCCCNC(C)COC(C)=O. The topological polar surface area (TPSA) is 38.3 Å². The summed E-state index contributed by atoms with van der Waals surface area (Å²) in [5.41, 5.74) is 0. The Labute approximate surface area is 74.5 Å². The summed E-state index contributed by atoms with van der Waals surface area (Å²) < 4.78 is 4.83. The van der Waals surface area contributed by atoms with Gasteiger partial charge in [0.25, 0.3) is 0 Å². The van der Waals surface area contributed by atoms with Crippen molar-refractivity contribution in [2.24, 2.45) is 0 Å². The smallest absolute Gasteiger partial charge is 0.302 e. The zero-order valence-electron chi connectivity index (χ0n) is 8.22. The fourth-order valence-electron chi connectivity index (χ4n) is 0.827. The molecule has 72 valence electrons. The van der Waals surface area contributed by atoms with E-state index in [-0.39, 0.29) is 12.0 Å². The van der Waals surface area contributed by atoms with Crippen LogP contribution in [-0.4, -0.2) is 25.2 Å². The summed E-state index contributed by atoms with van der Waals surface area (Å²) in [6.45, 7) is 7.06. The van der Waals surface area contributed by atoms with Gasteiger partial charge >= 0.3 is 5.97 Å². The maximum Gasteiger partial charge on any atom is 0.302 e. The van der Waals surface area contributed by atoms with Gasteiger partial charge in [-0.3, -0.25) is 4.79 Å². The van der Waals surface area contributed by atoms with E-state index in [1.807, 2.05) is 6.92 Å². The maximum absolute atomic E-state index is 10.4. The summed E-state index contributed by atoms with van der Waals surface area (Å²) in [6.07, 6.45) is 2.36. The molecule has 0 radical (unpaired) electrons. The second-order valence-corrected chi connectivity index (χ2v) is 3.01. The minimum Gasteiger partial charge on any atom is -0.464 e. The molecule has 0 saturated heterocycles. The lowest BCUT2D eigenvalue weighted by molar-refractivity contribution is -0.141. The van der Waals surface area contributed by atoms with Crippen molar-refractivity contribution in [2.45, 2.75) is 39.7 Å². The second kappa shape index (κ2) is 7.10. The van der Waals surface area contributed by atoms with Crippen LogP contribution in [0.1, 0.15) is 33.6 Å². The number of carbonyl (C=O) groups is 1. The molecule has 0 aromatic rings. The zero-order chi connectivity index (χ0) is 9.40. The molecule has 12 heavy (non-hydrogen) atoms. The van der Waals surface area contributed by atoms with Gasteiger partial charge in [-0.25, -0.2) is 0 Å². The van der Waals surface area contributed by atoms with Gasteiger partial charge in [-0.15, -0.1) is 0 Å². The van der Waals surface area contributed by atoms with E-state index in [0.717, 1.165) is 6.54 Å². The van der Waals surface area contributed by atoms with Crippen molar-refractivity contribution >= 4 is 5.97 Å². The van der Waals surface area contributed by atoms with Crippen molar-refractivity contribution in [1.82, 2.24) is 5.32 Å². The number of hydrogen-bond acceptors (Lipinski definition) is 3. The first-order valence-corrected chi connectivity index (χ1v) is 4.53. The van der Waals surface area contributed by atoms with Gasteiger partial charge in [0.05, 0.1) is 0 Å². The highest BCUT2D eigenvalue weighted by atomic mass is 16.5. The highest BCUT2D eigenvalue weighted by Gasteiger charge is 2.01. The van der Waals surface area contributed by atoms with Crippen molar-refractivity contribution in [2.75, 3.05) is 13.2 Å². The van der Waals surface area contributed by atoms with Gasteiger partial charge in [0.15, 0.2) is 0 Å². The Bertz CT molecular complexity index is 126. The molecule has 3 nitrogen and oxygen atoms in total. The molecule has 0 rings (SSSR count). The lowest BCUT2D eigenvalue weighted by Gasteiger charge is -2.12.